The van der Waals surface area contributed by atoms with E-state index in [-0.39, 0.29) is 0 Å². The number of hydrogen-bond donors (Lipinski definition) is 1. The number of nitrogen functional groups attached to an aromatic ring is 1. The number of aryl methyl sites for hydroxylation is 1. The zero-order valence-electron chi connectivity index (χ0n) is 10.4. The lowest BCUT2D eigenvalue weighted by Gasteiger charge is -1.98. The molecule has 0 spiro atoms. The van der Waals surface area contributed by atoms with Gasteiger partial charge in [-0.15, -0.1) is 0 Å². The number of rotatable bonds is 2. The van der Waals surface area contributed by atoms with E-state index >= 15 is 0 Å². The topological polar surface area (TPSA) is 77.8 Å². The van der Waals surface area contributed by atoms with E-state index in [1.165, 1.54) is 0 Å². The fourth-order valence-corrected chi connectivity index (χ4v) is 1.85. The molecule has 0 fully saturated rings. The molecular formula is C14H12N4O. The van der Waals surface area contributed by atoms with Crippen LogP contribution in [0, 0.1) is 6.92 Å². The van der Waals surface area contributed by atoms with Gasteiger partial charge in [-0.3, -0.25) is 4.98 Å². The predicted molar refractivity (Wildman–Crippen MR) is 72.1 cm³/mol. The minimum atomic E-state index is 0.448. The number of nitrogens with zero attached hydrogens (tertiary/aromatic N) is 3. The molecule has 0 aliphatic carbocycles. The molecule has 0 amide bonds. The molecule has 1 aromatic carbocycles. The van der Waals surface area contributed by atoms with Crippen LogP contribution in [-0.2, 0) is 0 Å². The van der Waals surface area contributed by atoms with Gasteiger partial charge in [0.05, 0.1) is 5.56 Å². The number of hydrogen-bond acceptors (Lipinski definition) is 5. The minimum Gasteiger partial charge on any atom is -0.398 e. The Bertz CT molecular complexity index is 661. The molecular weight excluding hydrogens is 240 g/mol. The summed E-state index contributed by atoms with van der Waals surface area (Å²) in [6, 6.07) is 11.2. The van der Waals surface area contributed by atoms with E-state index in [1.807, 2.05) is 37.3 Å². The van der Waals surface area contributed by atoms with Gasteiger partial charge in [-0.1, -0.05) is 17.3 Å². The Morgan fingerprint density at radius 2 is 1.84 bits per heavy atom. The van der Waals surface area contributed by atoms with Crippen molar-refractivity contribution >= 4 is 5.69 Å². The first kappa shape index (κ1) is 11.4. The average Bonchev–Trinajstić information content (AvgIpc) is 2.89. The van der Waals surface area contributed by atoms with Crippen LogP contribution in [-0.4, -0.2) is 15.1 Å². The minimum absolute atomic E-state index is 0.448. The molecule has 0 aliphatic heterocycles. The monoisotopic (exact) mass is 252 g/mol. The zero-order valence-corrected chi connectivity index (χ0v) is 10.4. The summed E-state index contributed by atoms with van der Waals surface area (Å²) in [4.78, 5) is 8.58. The average molecular weight is 252 g/mol. The van der Waals surface area contributed by atoms with Crippen LogP contribution in [0.25, 0.3) is 22.8 Å². The summed E-state index contributed by atoms with van der Waals surface area (Å²) in [5.74, 6) is 0.931. The van der Waals surface area contributed by atoms with Crippen molar-refractivity contribution in [3.05, 3.63) is 48.3 Å². The third kappa shape index (κ3) is 2.06. The molecule has 3 aromatic rings. The Labute approximate surface area is 110 Å². The van der Waals surface area contributed by atoms with Gasteiger partial charge in [-0.2, -0.15) is 4.98 Å². The normalized spacial score (nSPS) is 10.6. The van der Waals surface area contributed by atoms with Crippen LogP contribution in [0.4, 0.5) is 5.69 Å². The van der Waals surface area contributed by atoms with Crippen molar-refractivity contribution < 1.29 is 4.52 Å². The number of aromatic nitrogens is 3. The third-order valence-corrected chi connectivity index (χ3v) is 2.87. The maximum Gasteiger partial charge on any atom is 0.260 e. The Balaban J connectivity index is 2.06. The molecule has 2 N–H and O–H groups in total. The summed E-state index contributed by atoms with van der Waals surface area (Å²) in [6.45, 7) is 1.90. The van der Waals surface area contributed by atoms with Crippen molar-refractivity contribution in [3.63, 3.8) is 0 Å². The Kier molecular flexibility index (Phi) is 2.72. The number of nitrogens with two attached hydrogens (primary N) is 1. The van der Waals surface area contributed by atoms with E-state index in [9.17, 15) is 0 Å². The third-order valence-electron chi connectivity index (χ3n) is 2.87. The second-order valence-corrected chi connectivity index (χ2v) is 4.15. The predicted octanol–water partition coefficient (Wildman–Crippen LogP) is 2.69. The molecule has 0 saturated heterocycles. The van der Waals surface area contributed by atoms with E-state index in [2.05, 4.69) is 15.1 Å². The second-order valence-electron chi connectivity index (χ2n) is 4.15. The molecule has 0 atom stereocenters. The highest BCUT2D eigenvalue weighted by molar-refractivity contribution is 5.72. The van der Waals surface area contributed by atoms with Crippen molar-refractivity contribution in [2.75, 3.05) is 5.73 Å². The second kappa shape index (κ2) is 4.53. The number of pyridine rings is 1. The van der Waals surface area contributed by atoms with Crippen LogP contribution in [0.15, 0.2) is 47.1 Å². The molecule has 0 saturated carbocycles. The van der Waals surface area contributed by atoms with Gasteiger partial charge in [0.25, 0.3) is 5.89 Å². The molecule has 19 heavy (non-hydrogen) atoms. The van der Waals surface area contributed by atoms with Crippen LogP contribution in [0.2, 0.25) is 0 Å². The van der Waals surface area contributed by atoms with Crippen LogP contribution < -0.4 is 5.73 Å². The van der Waals surface area contributed by atoms with Gasteiger partial charge in [0.2, 0.25) is 5.82 Å². The van der Waals surface area contributed by atoms with Crippen molar-refractivity contribution in [2.24, 2.45) is 0 Å². The lowest BCUT2D eigenvalue weighted by Crippen LogP contribution is -1.91. The first-order valence-electron chi connectivity index (χ1n) is 5.86. The Morgan fingerprint density at radius 1 is 1.05 bits per heavy atom. The molecule has 0 unspecified atom stereocenters. The maximum absolute atomic E-state index is 5.90. The summed E-state index contributed by atoms with van der Waals surface area (Å²) in [5.41, 5.74) is 8.96. The fraction of sp³-hybridized carbons (Fsp3) is 0.0714. The van der Waals surface area contributed by atoms with Gasteiger partial charge in [0, 0.05) is 23.1 Å². The van der Waals surface area contributed by atoms with Gasteiger partial charge in [-0.25, -0.2) is 0 Å². The van der Waals surface area contributed by atoms with Gasteiger partial charge >= 0.3 is 0 Å². The lowest BCUT2D eigenvalue weighted by molar-refractivity contribution is 0.432. The summed E-state index contributed by atoms with van der Waals surface area (Å²) in [7, 11) is 0. The van der Waals surface area contributed by atoms with Gasteiger partial charge in [0.1, 0.15) is 0 Å². The quantitative estimate of drug-likeness (QED) is 0.709. The zero-order chi connectivity index (χ0) is 13.2. The molecule has 0 radical (unpaired) electrons. The van der Waals surface area contributed by atoms with Crippen molar-refractivity contribution in [2.45, 2.75) is 6.92 Å². The van der Waals surface area contributed by atoms with Gasteiger partial charge in [0.15, 0.2) is 0 Å². The Morgan fingerprint density at radius 3 is 2.63 bits per heavy atom. The summed E-state index contributed by atoms with van der Waals surface area (Å²) >= 11 is 0. The largest absolute Gasteiger partial charge is 0.398 e. The van der Waals surface area contributed by atoms with Gasteiger partial charge in [-0.05, 0) is 31.2 Å². The van der Waals surface area contributed by atoms with E-state index in [1.54, 1.807) is 12.3 Å². The highest BCUT2D eigenvalue weighted by Crippen LogP contribution is 2.26. The van der Waals surface area contributed by atoms with Gasteiger partial charge < -0.3 is 10.3 Å². The molecule has 2 aromatic heterocycles. The van der Waals surface area contributed by atoms with E-state index in [0.717, 1.165) is 16.8 Å². The van der Waals surface area contributed by atoms with Crippen LogP contribution in [0.3, 0.4) is 0 Å². The van der Waals surface area contributed by atoms with Crippen LogP contribution >= 0.6 is 0 Å². The summed E-state index contributed by atoms with van der Waals surface area (Å²) < 4.78 is 5.28. The lowest BCUT2D eigenvalue weighted by atomic mass is 10.1. The van der Waals surface area contributed by atoms with Crippen LogP contribution in [0.5, 0.6) is 0 Å². The molecule has 0 aliphatic rings. The van der Waals surface area contributed by atoms with Crippen molar-refractivity contribution in [3.8, 4) is 22.8 Å². The first-order chi connectivity index (χ1) is 9.25. The molecule has 2 heterocycles. The first-order valence-corrected chi connectivity index (χ1v) is 5.86. The van der Waals surface area contributed by atoms with Crippen LogP contribution in [0.1, 0.15) is 5.69 Å². The SMILES string of the molecule is Cc1ncccc1-c1nc(-c2ccccc2N)no1. The summed E-state index contributed by atoms with van der Waals surface area (Å²) in [6.07, 6.45) is 1.73. The number of anilines is 1. The van der Waals surface area contributed by atoms with E-state index < -0.39 is 0 Å². The number of para-hydroxylation sites is 1. The molecule has 5 heteroatoms. The molecule has 3 rings (SSSR count). The highest BCUT2D eigenvalue weighted by Gasteiger charge is 2.13. The fourth-order valence-electron chi connectivity index (χ4n) is 1.85. The maximum atomic E-state index is 5.90. The van der Waals surface area contributed by atoms with Crippen molar-refractivity contribution in [1.29, 1.82) is 0 Å². The molecule has 5 nitrogen and oxygen atoms in total. The van der Waals surface area contributed by atoms with Crippen molar-refractivity contribution in [1.82, 2.24) is 15.1 Å². The van der Waals surface area contributed by atoms with E-state index in [0.29, 0.717) is 17.4 Å². The highest BCUT2D eigenvalue weighted by atomic mass is 16.5. The number of benzene rings is 1. The Hall–Kier alpha value is -2.69. The molecule has 94 valence electrons. The van der Waals surface area contributed by atoms with E-state index in [4.69, 9.17) is 10.3 Å². The standard InChI is InChI=1S/C14H12N4O/c1-9-10(6-4-8-16-9)14-17-13(18-19-14)11-5-2-3-7-12(11)15/h2-8H,15H2,1H3. The summed E-state index contributed by atoms with van der Waals surface area (Å²) in [5, 5.41) is 3.97. The smallest absolute Gasteiger partial charge is 0.260 e. The molecule has 0 bridgehead atoms.